The van der Waals surface area contributed by atoms with Gasteiger partial charge in [0, 0.05) is 9.58 Å². The highest BCUT2D eigenvalue weighted by molar-refractivity contribution is 9.09. The zero-order chi connectivity index (χ0) is 14.1. The van der Waals surface area contributed by atoms with Gasteiger partial charge in [-0.05, 0) is 35.6 Å². The Bertz CT molecular complexity index is 718. The lowest BCUT2D eigenvalue weighted by molar-refractivity contribution is 0.498. The van der Waals surface area contributed by atoms with E-state index in [-0.39, 0.29) is 4.83 Å². The largest absolute Gasteiger partial charge is 0.204 e. The van der Waals surface area contributed by atoms with Crippen molar-refractivity contribution in [2.45, 2.75) is 11.2 Å². The lowest BCUT2D eigenvalue weighted by Gasteiger charge is -2.08. The molecule has 3 rings (SSSR count). The van der Waals surface area contributed by atoms with Crippen molar-refractivity contribution in [2.24, 2.45) is 0 Å². The molecular formula is C16H11BrF2S. The van der Waals surface area contributed by atoms with Gasteiger partial charge in [-0.2, -0.15) is 0 Å². The molecule has 1 atom stereocenters. The molecule has 4 heteroatoms. The maximum absolute atomic E-state index is 13.7. The van der Waals surface area contributed by atoms with Crippen LogP contribution in [0.15, 0.2) is 48.5 Å². The maximum atomic E-state index is 13.7. The molecule has 102 valence electrons. The van der Waals surface area contributed by atoms with E-state index in [4.69, 9.17) is 0 Å². The van der Waals surface area contributed by atoms with Gasteiger partial charge in [-0.3, -0.25) is 0 Å². The summed E-state index contributed by atoms with van der Waals surface area (Å²) in [6, 6.07) is 14.5. The number of fused-ring (bicyclic) bond motifs is 1. The van der Waals surface area contributed by atoms with E-state index in [1.807, 2.05) is 12.1 Å². The van der Waals surface area contributed by atoms with E-state index in [2.05, 4.69) is 34.1 Å². The first-order valence-corrected chi connectivity index (χ1v) is 7.94. The highest BCUT2D eigenvalue weighted by Crippen LogP contribution is 2.36. The Balaban J connectivity index is 1.89. The summed E-state index contributed by atoms with van der Waals surface area (Å²) < 4.78 is 28.1. The SMILES string of the molecule is Fc1cccc(CC(Br)c2cc3ccccc3s2)c1F. The molecule has 0 amide bonds. The van der Waals surface area contributed by atoms with Crippen LogP contribution in [0, 0.1) is 11.6 Å². The molecule has 0 aliphatic carbocycles. The Morgan fingerprint density at radius 2 is 1.85 bits per heavy atom. The molecule has 0 fully saturated rings. The molecule has 0 aliphatic rings. The average molecular weight is 353 g/mol. The van der Waals surface area contributed by atoms with Crippen LogP contribution in [0.1, 0.15) is 15.3 Å². The monoisotopic (exact) mass is 352 g/mol. The van der Waals surface area contributed by atoms with Crippen molar-refractivity contribution in [1.29, 1.82) is 0 Å². The molecule has 0 radical (unpaired) electrons. The van der Waals surface area contributed by atoms with Crippen molar-refractivity contribution in [3.8, 4) is 0 Å². The molecule has 0 saturated heterocycles. The van der Waals surface area contributed by atoms with Crippen LogP contribution >= 0.6 is 27.3 Å². The Kier molecular flexibility index (Phi) is 3.85. The summed E-state index contributed by atoms with van der Waals surface area (Å²) in [4.78, 5) is 1.10. The summed E-state index contributed by atoms with van der Waals surface area (Å²) in [5, 5.41) is 1.18. The maximum Gasteiger partial charge on any atom is 0.162 e. The lowest BCUT2D eigenvalue weighted by Crippen LogP contribution is -1.98. The molecule has 1 aromatic heterocycles. The van der Waals surface area contributed by atoms with Crippen LogP contribution in [0.25, 0.3) is 10.1 Å². The zero-order valence-corrected chi connectivity index (χ0v) is 12.8. The fourth-order valence-electron chi connectivity index (χ4n) is 2.16. The number of halogens is 3. The van der Waals surface area contributed by atoms with Crippen LogP contribution in [0.4, 0.5) is 8.78 Å². The quantitative estimate of drug-likeness (QED) is 0.518. The van der Waals surface area contributed by atoms with Gasteiger partial charge < -0.3 is 0 Å². The predicted molar refractivity (Wildman–Crippen MR) is 83.6 cm³/mol. The number of hydrogen-bond donors (Lipinski definition) is 0. The summed E-state index contributed by atoms with van der Waals surface area (Å²) in [6.07, 6.45) is 0.427. The highest BCUT2D eigenvalue weighted by atomic mass is 79.9. The van der Waals surface area contributed by atoms with Gasteiger partial charge in [0.15, 0.2) is 11.6 Å². The second kappa shape index (κ2) is 5.62. The molecule has 0 spiro atoms. The Labute approximate surface area is 128 Å². The molecule has 0 bridgehead atoms. The van der Waals surface area contributed by atoms with E-state index in [1.165, 1.54) is 10.1 Å². The third-order valence-corrected chi connectivity index (χ3v) is 5.53. The molecule has 3 aromatic rings. The minimum atomic E-state index is -0.793. The molecule has 20 heavy (non-hydrogen) atoms. The summed E-state index contributed by atoms with van der Waals surface area (Å²) >= 11 is 5.25. The molecule has 0 nitrogen and oxygen atoms in total. The Morgan fingerprint density at radius 1 is 1.05 bits per heavy atom. The van der Waals surface area contributed by atoms with Gasteiger partial charge in [0.2, 0.25) is 0 Å². The summed E-state index contributed by atoms with van der Waals surface area (Å²) in [5.41, 5.74) is 0.393. The van der Waals surface area contributed by atoms with Crippen molar-refractivity contribution in [3.63, 3.8) is 0 Å². The van der Waals surface area contributed by atoms with E-state index >= 15 is 0 Å². The van der Waals surface area contributed by atoms with Crippen LogP contribution in [-0.2, 0) is 6.42 Å². The Morgan fingerprint density at radius 3 is 2.65 bits per heavy atom. The highest BCUT2D eigenvalue weighted by Gasteiger charge is 2.15. The summed E-state index contributed by atoms with van der Waals surface area (Å²) in [5.74, 6) is -1.54. The average Bonchev–Trinajstić information content (AvgIpc) is 2.88. The first kappa shape index (κ1) is 13.7. The fourth-order valence-corrected chi connectivity index (χ4v) is 3.96. The number of alkyl halides is 1. The summed E-state index contributed by atoms with van der Waals surface area (Å²) in [7, 11) is 0. The van der Waals surface area contributed by atoms with Crippen molar-refractivity contribution >= 4 is 37.4 Å². The van der Waals surface area contributed by atoms with E-state index in [1.54, 1.807) is 23.5 Å². The molecule has 0 aliphatic heterocycles. The van der Waals surface area contributed by atoms with Crippen LogP contribution in [0.2, 0.25) is 0 Å². The standard InChI is InChI=1S/C16H11BrF2S/c17-12(8-11-5-3-6-13(18)16(11)19)15-9-10-4-1-2-7-14(10)20-15/h1-7,9,12H,8H2. The van der Waals surface area contributed by atoms with Crippen molar-refractivity contribution < 1.29 is 8.78 Å². The number of rotatable bonds is 3. The minimum Gasteiger partial charge on any atom is -0.204 e. The van der Waals surface area contributed by atoms with Gasteiger partial charge in [-0.15, -0.1) is 11.3 Å². The first-order chi connectivity index (χ1) is 9.65. The summed E-state index contributed by atoms with van der Waals surface area (Å²) in [6.45, 7) is 0. The van der Waals surface area contributed by atoms with Crippen molar-refractivity contribution in [3.05, 3.63) is 70.6 Å². The normalized spacial score (nSPS) is 12.8. The second-order valence-electron chi connectivity index (χ2n) is 4.57. The smallest absolute Gasteiger partial charge is 0.162 e. The third-order valence-electron chi connectivity index (χ3n) is 3.18. The molecule has 0 saturated carbocycles. The zero-order valence-electron chi connectivity index (χ0n) is 10.4. The number of hydrogen-bond acceptors (Lipinski definition) is 1. The van der Waals surface area contributed by atoms with Gasteiger partial charge in [-0.25, -0.2) is 8.78 Å². The fraction of sp³-hybridized carbons (Fsp3) is 0.125. The van der Waals surface area contributed by atoms with Crippen molar-refractivity contribution in [1.82, 2.24) is 0 Å². The van der Waals surface area contributed by atoms with Gasteiger partial charge in [0.25, 0.3) is 0 Å². The second-order valence-corrected chi connectivity index (χ2v) is 6.79. The third kappa shape index (κ3) is 2.63. The van der Waals surface area contributed by atoms with Gasteiger partial charge >= 0.3 is 0 Å². The van der Waals surface area contributed by atoms with Gasteiger partial charge in [0.1, 0.15) is 0 Å². The molecule has 1 heterocycles. The van der Waals surface area contributed by atoms with Crippen LogP contribution in [-0.4, -0.2) is 0 Å². The predicted octanol–water partition coefficient (Wildman–Crippen LogP) is 5.86. The molecule has 1 unspecified atom stereocenters. The molecular weight excluding hydrogens is 342 g/mol. The first-order valence-electron chi connectivity index (χ1n) is 6.20. The van der Waals surface area contributed by atoms with Crippen molar-refractivity contribution in [2.75, 3.05) is 0 Å². The van der Waals surface area contributed by atoms with E-state index < -0.39 is 11.6 Å². The molecule has 2 aromatic carbocycles. The van der Waals surface area contributed by atoms with Crippen LogP contribution in [0.5, 0.6) is 0 Å². The minimum absolute atomic E-state index is 0.0174. The van der Waals surface area contributed by atoms with E-state index in [0.717, 1.165) is 10.9 Å². The number of thiophene rings is 1. The van der Waals surface area contributed by atoms with Crippen LogP contribution in [0.3, 0.4) is 0 Å². The van der Waals surface area contributed by atoms with E-state index in [0.29, 0.717) is 12.0 Å². The lowest BCUT2D eigenvalue weighted by atomic mass is 10.1. The van der Waals surface area contributed by atoms with Gasteiger partial charge in [0.05, 0.1) is 4.83 Å². The Hall–Kier alpha value is -1.26. The van der Waals surface area contributed by atoms with Crippen LogP contribution < -0.4 is 0 Å². The van der Waals surface area contributed by atoms with Gasteiger partial charge in [-0.1, -0.05) is 46.3 Å². The molecule has 0 N–H and O–H groups in total. The topological polar surface area (TPSA) is 0 Å². The number of benzene rings is 2. The van der Waals surface area contributed by atoms with E-state index in [9.17, 15) is 8.78 Å².